The van der Waals surface area contributed by atoms with Gasteiger partial charge in [-0.2, -0.15) is 0 Å². The number of carboxylic acid groups (broad SMARTS) is 1. The van der Waals surface area contributed by atoms with E-state index >= 15 is 0 Å². The van der Waals surface area contributed by atoms with Crippen LogP contribution in [0.3, 0.4) is 0 Å². The summed E-state index contributed by atoms with van der Waals surface area (Å²) in [5.74, 6) is -0.789. The van der Waals surface area contributed by atoms with Crippen LogP contribution in [0.2, 0.25) is 0 Å². The van der Waals surface area contributed by atoms with E-state index < -0.39 is 5.97 Å². The van der Waals surface area contributed by atoms with Crippen molar-refractivity contribution in [2.24, 2.45) is 0 Å². The molecule has 0 spiro atoms. The van der Waals surface area contributed by atoms with Gasteiger partial charge in [-0.05, 0) is 47.6 Å². The second kappa shape index (κ2) is 4.30. The first-order valence-corrected chi connectivity index (χ1v) is 6.16. The average molecular weight is 238 g/mol. The molecule has 1 N–H and O–H groups in total. The molecule has 0 radical (unpaired) electrons. The van der Waals surface area contributed by atoms with Crippen LogP contribution in [-0.4, -0.2) is 11.1 Å². The van der Waals surface area contributed by atoms with Crippen LogP contribution < -0.4 is 0 Å². The molecular formula is C16H14O2. The topological polar surface area (TPSA) is 37.3 Å². The summed E-state index contributed by atoms with van der Waals surface area (Å²) in [6.45, 7) is 0. The molecule has 0 saturated heterocycles. The van der Waals surface area contributed by atoms with Gasteiger partial charge >= 0.3 is 5.97 Å². The molecule has 1 aromatic carbocycles. The molecule has 0 amide bonds. The van der Waals surface area contributed by atoms with Crippen molar-refractivity contribution in [2.75, 3.05) is 0 Å². The maximum absolute atomic E-state index is 11.1. The Labute approximate surface area is 106 Å². The predicted octanol–water partition coefficient (Wildman–Crippen LogP) is 3.36. The van der Waals surface area contributed by atoms with Gasteiger partial charge in [0.1, 0.15) is 0 Å². The summed E-state index contributed by atoms with van der Waals surface area (Å²) in [7, 11) is 0. The van der Waals surface area contributed by atoms with E-state index in [1.54, 1.807) is 0 Å². The maximum atomic E-state index is 11.1. The van der Waals surface area contributed by atoms with E-state index in [4.69, 9.17) is 5.11 Å². The van der Waals surface area contributed by atoms with Crippen LogP contribution in [0, 0.1) is 0 Å². The molecule has 18 heavy (non-hydrogen) atoms. The molecule has 0 atom stereocenters. The zero-order valence-corrected chi connectivity index (χ0v) is 10.0. The monoisotopic (exact) mass is 238 g/mol. The smallest absolute Gasteiger partial charge is 0.331 e. The highest BCUT2D eigenvalue weighted by Crippen LogP contribution is 2.31. The van der Waals surface area contributed by atoms with E-state index in [9.17, 15) is 4.79 Å². The fourth-order valence-electron chi connectivity index (χ4n) is 2.58. The molecular weight excluding hydrogens is 224 g/mol. The summed E-state index contributed by atoms with van der Waals surface area (Å²) in [6, 6.07) is 8.28. The van der Waals surface area contributed by atoms with Gasteiger partial charge in [0.2, 0.25) is 0 Å². The molecule has 3 rings (SSSR count). The van der Waals surface area contributed by atoms with Crippen LogP contribution in [0.15, 0.2) is 53.1 Å². The number of rotatable bonds is 1. The maximum Gasteiger partial charge on any atom is 0.331 e. The van der Waals surface area contributed by atoms with Crippen molar-refractivity contribution in [3.05, 3.63) is 64.3 Å². The lowest BCUT2D eigenvalue weighted by Gasteiger charge is -2.15. The molecule has 0 aromatic heterocycles. The number of allylic oxidation sites excluding steroid dienone is 4. The Morgan fingerprint density at radius 3 is 2.72 bits per heavy atom. The summed E-state index contributed by atoms with van der Waals surface area (Å²) >= 11 is 0. The molecule has 90 valence electrons. The van der Waals surface area contributed by atoms with E-state index in [-0.39, 0.29) is 0 Å². The summed E-state index contributed by atoms with van der Waals surface area (Å²) in [4.78, 5) is 11.1. The minimum Gasteiger partial charge on any atom is -0.478 e. The van der Waals surface area contributed by atoms with Gasteiger partial charge in [-0.1, -0.05) is 36.4 Å². The fourth-order valence-corrected chi connectivity index (χ4v) is 2.58. The highest BCUT2D eigenvalue weighted by molar-refractivity contribution is 5.88. The van der Waals surface area contributed by atoms with Crippen molar-refractivity contribution in [1.82, 2.24) is 0 Å². The van der Waals surface area contributed by atoms with Crippen molar-refractivity contribution in [2.45, 2.75) is 19.3 Å². The van der Waals surface area contributed by atoms with Gasteiger partial charge in [0.25, 0.3) is 0 Å². The number of hydrogen-bond donors (Lipinski definition) is 1. The highest BCUT2D eigenvalue weighted by atomic mass is 16.4. The molecule has 2 aliphatic rings. The van der Waals surface area contributed by atoms with E-state index in [0.717, 1.165) is 18.4 Å². The molecule has 1 aromatic rings. The molecule has 0 unspecified atom stereocenters. The number of fused-ring (bicyclic) bond motifs is 1. The quantitative estimate of drug-likeness (QED) is 0.814. The summed E-state index contributed by atoms with van der Waals surface area (Å²) < 4.78 is 0. The van der Waals surface area contributed by atoms with Crippen LogP contribution in [0.25, 0.3) is 6.08 Å². The minimum atomic E-state index is -0.789. The normalized spacial score (nSPS) is 17.7. The van der Waals surface area contributed by atoms with Gasteiger partial charge < -0.3 is 5.11 Å². The molecule has 2 nitrogen and oxygen atoms in total. The molecule has 2 heteroatoms. The Kier molecular flexibility index (Phi) is 2.63. The first-order valence-electron chi connectivity index (χ1n) is 6.16. The number of carbonyl (C=O) groups is 1. The Hall–Kier alpha value is -2.09. The van der Waals surface area contributed by atoms with Crippen LogP contribution >= 0.6 is 0 Å². The second-order valence-corrected chi connectivity index (χ2v) is 4.73. The van der Waals surface area contributed by atoms with Crippen molar-refractivity contribution < 1.29 is 9.90 Å². The number of aliphatic carboxylic acids is 1. The van der Waals surface area contributed by atoms with E-state index in [0.29, 0.717) is 12.0 Å². The summed E-state index contributed by atoms with van der Waals surface area (Å²) in [5.41, 5.74) is 5.45. The Morgan fingerprint density at radius 2 is 1.89 bits per heavy atom. The third-order valence-corrected chi connectivity index (χ3v) is 3.60. The SMILES string of the molecule is O=C(O)C1=CC2=C(C=Cc3ccccc3C2)CC1. The molecule has 2 aliphatic carbocycles. The van der Waals surface area contributed by atoms with Gasteiger partial charge in [0.15, 0.2) is 0 Å². The third kappa shape index (κ3) is 1.90. The molecule has 0 heterocycles. The Bertz CT molecular complexity index is 603. The lowest BCUT2D eigenvalue weighted by molar-refractivity contribution is -0.132. The van der Waals surface area contributed by atoms with Crippen LogP contribution in [0.4, 0.5) is 0 Å². The summed E-state index contributed by atoms with van der Waals surface area (Å²) in [5, 5.41) is 9.09. The van der Waals surface area contributed by atoms with E-state index in [1.165, 1.54) is 16.7 Å². The van der Waals surface area contributed by atoms with Crippen molar-refractivity contribution >= 4 is 12.0 Å². The van der Waals surface area contributed by atoms with Gasteiger partial charge in [-0.15, -0.1) is 0 Å². The minimum absolute atomic E-state index is 0.529. The van der Waals surface area contributed by atoms with Gasteiger partial charge in [0, 0.05) is 5.57 Å². The average Bonchev–Trinajstić information content (AvgIpc) is 2.56. The van der Waals surface area contributed by atoms with Gasteiger partial charge in [-0.3, -0.25) is 0 Å². The first-order chi connectivity index (χ1) is 8.74. The molecule has 0 saturated carbocycles. The molecule has 0 bridgehead atoms. The van der Waals surface area contributed by atoms with E-state index in [2.05, 4.69) is 24.3 Å². The predicted molar refractivity (Wildman–Crippen MR) is 71.2 cm³/mol. The zero-order chi connectivity index (χ0) is 12.5. The molecule has 0 aliphatic heterocycles. The number of hydrogen-bond acceptors (Lipinski definition) is 1. The van der Waals surface area contributed by atoms with Crippen LogP contribution in [0.1, 0.15) is 24.0 Å². The van der Waals surface area contributed by atoms with Crippen LogP contribution in [-0.2, 0) is 11.2 Å². The van der Waals surface area contributed by atoms with Gasteiger partial charge in [0.05, 0.1) is 0 Å². The lowest BCUT2D eigenvalue weighted by Crippen LogP contribution is -2.07. The zero-order valence-electron chi connectivity index (χ0n) is 10.0. The number of carboxylic acids is 1. The standard InChI is InChI=1S/C16H14O2/c17-16(18)14-8-7-12-6-5-11-3-1-2-4-13(11)9-15(12)10-14/h1-6,10H,7-9H2,(H,17,18). The largest absolute Gasteiger partial charge is 0.478 e. The highest BCUT2D eigenvalue weighted by Gasteiger charge is 2.18. The third-order valence-electron chi connectivity index (χ3n) is 3.60. The Morgan fingerprint density at radius 1 is 1.06 bits per heavy atom. The van der Waals surface area contributed by atoms with Gasteiger partial charge in [-0.25, -0.2) is 4.79 Å². The number of benzene rings is 1. The lowest BCUT2D eigenvalue weighted by atomic mass is 9.90. The van der Waals surface area contributed by atoms with Crippen molar-refractivity contribution in [3.63, 3.8) is 0 Å². The second-order valence-electron chi connectivity index (χ2n) is 4.73. The Balaban J connectivity index is 2.04. The molecule has 0 fully saturated rings. The fraction of sp³-hybridized carbons (Fsp3) is 0.188. The van der Waals surface area contributed by atoms with Crippen LogP contribution in [0.5, 0.6) is 0 Å². The van der Waals surface area contributed by atoms with Crippen molar-refractivity contribution in [3.8, 4) is 0 Å². The van der Waals surface area contributed by atoms with Crippen molar-refractivity contribution in [1.29, 1.82) is 0 Å². The van der Waals surface area contributed by atoms with E-state index in [1.807, 2.05) is 18.2 Å². The first kappa shape index (κ1) is 11.0. The summed E-state index contributed by atoms with van der Waals surface area (Å²) in [6.07, 6.45) is 8.42.